The third-order valence-corrected chi connectivity index (χ3v) is 3.70. The van der Waals surface area contributed by atoms with Gasteiger partial charge in [-0.2, -0.15) is 10.2 Å². The molecule has 0 aliphatic carbocycles. The molecule has 3 aromatic heterocycles. The molecular formula is C15H19N5O2. The number of amides is 1. The van der Waals surface area contributed by atoms with Crippen molar-refractivity contribution in [2.24, 2.45) is 0 Å². The molecule has 22 heavy (non-hydrogen) atoms. The van der Waals surface area contributed by atoms with Crippen LogP contribution < -0.4 is 0 Å². The van der Waals surface area contributed by atoms with E-state index in [-0.39, 0.29) is 12.5 Å². The summed E-state index contributed by atoms with van der Waals surface area (Å²) in [5.74, 6) is 0.737. The van der Waals surface area contributed by atoms with Crippen molar-refractivity contribution in [3.8, 4) is 0 Å². The van der Waals surface area contributed by atoms with E-state index in [0.29, 0.717) is 6.54 Å². The molecule has 3 rings (SSSR count). The van der Waals surface area contributed by atoms with Crippen LogP contribution in [0.4, 0.5) is 0 Å². The lowest BCUT2D eigenvalue weighted by Gasteiger charge is -2.15. The molecule has 3 heterocycles. The molecule has 0 spiro atoms. The molecule has 7 nitrogen and oxygen atoms in total. The van der Waals surface area contributed by atoms with Crippen LogP contribution in [0.1, 0.15) is 18.4 Å². The van der Waals surface area contributed by atoms with Crippen molar-refractivity contribution in [1.82, 2.24) is 24.5 Å². The molecular weight excluding hydrogens is 282 g/mol. The molecule has 0 radical (unpaired) electrons. The van der Waals surface area contributed by atoms with Crippen molar-refractivity contribution >= 4 is 16.9 Å². The van der Waals surface area contributed by atoms with Crippen LogP contribution in [0.2, 0.25) is 0 Å². The fraction of sp³-hybridized carbons (Fsp3) is 0.400. The average molecular weight is 301 g/mol. The van der Waals surface area contributed by atoms with E-state index in [9.17, 15) is 4.79 Å². The number of fused-ring (bicyclic) bond motifs is 1. The number of aromatic nitrogens is 4. The van der Waals surface area contributed by atoms with E-state index in [1.165, 1.54) is 0 Å². The van der Waals surface area contributed by atoms with E-state index >= 15 is 0 Å². The van der Waals surface area contributed by atoms with Gasteiger partial charge < -0.3 is 9.32 Å². The highest BCUT2D eigenvalue weighted by Gasteiger charge is 2.17. The molecule has 7 heteroatoms. The Bertz CT molecular complexity index is 784. The normalized spacial score (nSPS) is 11.2. The molecule has 3 aromatic rings. The molecule has 0 atom stereocenters. The maximum Gasteiger partial charge on any atom is 0.244 e. The molecule has 0 unspecified atom stereocenters. The van der Waals surface area contributed by atoms with Gasteiger partial charge in [-0.25, -0.2) is 0 Å². The Morgan fingerprint density at radius 1 is 1.41 bits per heavy atom. The minimum Gasteiger partial charge on any atom is -0.467 e. The van der Waals surface area contributed by atoms with Crippen LogP contribution >= 0.6 is 0 Å². The number of hydrogen-bond acceptors (Lipinski definition) is 4. The zero-order valence-electron chi connectivity index (χ0n) is 13.0. The summed E-state index contributed by atoms with van der Waals surface area (Å²) in [6, 6.07) is 3.67. The summed E-state index contributed by atoms with van der Waals surface area (Å²) in [6.07, 6.45) is 3.37. The number of carbonyl (C=O) groups is 1. The standard InChI is InChI=1S/C15H19N5O2/c1-4-19-13-8-16-20(15(13)11(2)17-19)10-14(21)18(3)9-12-6-5-7-22-12/h5-8H,4,9-10H2,1-3H3. The third kappa shape index (κ3) is 2.49. The van der Waals surface area contributed by atoms with Gasteiger partial charge in [0.1, 0.15) is 23.3 Å². The fourth-order valence-electron chi connectivity index (χ4n) is 2.55. The lowest BCUT2D eigenvalue weighted by atomic mass is 10.3. The Kier molecular flexibility index (Phi) is 3.70. The van der Waals surface area contributed by atoms with E-state index in [1.54, 1.807) is 29.1 Å². The summed E-state index contributed by atoms with van der Waals surface area (Å²) < 4.78 is 8.87. The number of aryl methyl sites for hydroxylation is 2. The van der Waals surface area contributed by atoms with Crippen LogP contribution in [0.5, 0.6) is 0 Å². The van der Waals surface area contributed by atoms with Crippen LogP contribution in [0.25, 0.3) is 11.0 Å². The Balaban J connectivity index is 1.78. The van der Waals surface area contributed by atoms with Gasteiger partial charge in [0, 0.05) is 13.6 Å². The summed E-state index contributed by atoms with van der Waals surface area (Å²) in [6.45, 7) is 5.39. The summed E-state index contributed by atoms with van der Waals surface area (Å²) in [4.78, 5) is 14.0. The minimum atomic E-state index is -0.0231. The number of rotatable bonds is 5. The van der Waals surface area contributed by atoms with Gasteiger partial charge in [0.15, 0.2) is 0 Å². The van der Waals surface area contributed by atoms with Crippen molar-refractivity contribution in [1.29, 1.82) is 0 Å². The van der Waals surface area contributed by atoms with Crippen molar-refractivity contribution in [3.05, 3.63) is 36.0 Å². The Labute approximate surface area is 128 Å². The van der Waals surface area contributed by atoms with Gasteiger partial charge in [-0.05, 0) is 26.0 Å². The smallest absolute Gasteiger partial charge is 0.244 e. The first-order chi connectivity index (χ1) is 10.6. The topological polar surface area (TPSA) is 69.1 Å². The van der Waals surface area contributed by atoms with Gasteiger partial charge in [-0.1, -0.05) is 0 Å². The monoisotopic (exact) mass is 301 g/mol. The molecule has 0 aromatic carbocycles. The molecule has 0 saturated heterocycles. The Morgan fingerprint density at radius 3 is 2.91 bits per heavy atom. The van der Waals surface area contributed by atoms with E-state index in [1.807, 2.05) is 30.7 Å². The number of hydrogen-bond donors (Lipinski definition) is 0. The van der Waals surface area contributed by atoms with E-state index in [0.717, 1.165) is 29.0 Å². The SMILES string of the molecule is CCn1nc(C)c2c1cnn2CC(=O)N(C)Cc1ccco1. The van der Waals surface area contributed by atoms with Crippen LogP contribution in [0, 0.1) is 6.92 Å². The minimum absolute atomic E-state index is 0.0231. The van der Waals surface area contributed by atoms with Crippen LogP contribution in [0.3, 0.4) is 0 Å². The molecule has 0 N–H and O–H groups in total. The summed E-state index contributed by atoms with van der Waals surface area (Å²) in [5.41, 5.74) is 2.76. The molecule has 0 saturated carbocycles. The fourth-order valence-corrected chi connectivity index (χ4v) is 2.55. The maximum absolute atomic E-state index is 12.4. The Morgan fingerprint density at radius 2 is 2.23 bits per heavy atom. The largest absolute Gasteiger partial charge is 0.467 e. The van der Waals surface area contributed by atoms with Crippen LogP contribution in [-0.2, 0) is 24.4 Å². The first kappa shape index (κ1) is 14.4. The highest BCUT2D eigenvalue weighted by Crippen LogP contribution is 2.18. The van der Waals surface area contributed by atoms with E-state index in [2.05, 4.69) is 10.2 Å². The molecule has 0 aliphatic heterocycles. The van der Waals surface area contributed by atoms with Gasteiger partial charge in [0.2, 0.25) is 5.91 Å². The lowest BCUT2D eigenvalue weighted by molar-refractivity contribution is -0.131. The highest BCUT2D eigenvalue weighted by atomic mass is 16.3. The highest BCUT2D eigenvalue weighted by molar-refractivity contribution is 5.81. The number of carbonyl (C=O) groups excluding carboxylic acids is 1. The zero-order chi connectivity index (χ0) is 15.7. The molecule has 116 valence electrons. The van der Waals surface area contributed by atoms with Gasteiger partial charge in [0.05, 0.1) is 24.7 Å². The first-order valence-electron chi connectivity index (χ1n) is 7.25. The Hall–Kier alpha value is -2.57. The van der Waals surface area contributed by atoms with Gasteiger partial charge in [0.25, 0.3) is 0 Å². The van der Waals surface area contributed by atoms with Gasteiger partial charge in [-0.3, -0.25) is 14.2 Å². The number of furan rings is 1. The molecule has 0 fully saturated rings. The van der Waals surface area contributed by atoms with Crippen LogP contribution in [-0.4, -0.2) is 37.4 Å². The van der Waals surface area contributed by atoms with Gasteiger partial charge in [-0.15, -0.1) is 0 Å². The predicted molar refractivity (Wildman–Crippen MR) is 81.1 cm³/mol. The summed E-state index contributed by atoms with van der Waals surface area (Å²) in [7, 11) is 1.76. The summed E-state index contributed by atoms with van der Waals surface area (Å²) in [5, 5.41) is 8.79. The molecule has 0 aliphatic rings. The maximum atomic E-state index is 12.4. The number of likely N-dealkylation sites (N-methyl/N-ethyl adjacent to an activating group) is 1. The molecule has 1 amide bonds. The van der Waals surface area contributed by atoms with Crippen LogP contribution in [0.15, 0.2) is 29.0 Å². The van der Waals surface area contributed by atoms with Crippen molar-refractivity contribution in [2.45, 2.75) is 33.5 Å². The zero-order valence-corrected chi connectivity index (χ0v) is 13.0. The second-order valence-corrected chi connectivity index (χ2v) is 5.27. The van der Waals surface area contributed by atoms with Gasteiger partial charge >= 0.3 is 0 Å². The first-order valence-corrected chi connectivity index (χ1v) is 7.25. The summed E-state index contributed by atoms with van der Waals surface area (Å²) >= 11 is 0. The molecule has 0 bridgehead atoms. The van der Waals surface area contributed by atoms with Crippen molar-refractivity contribution in [3.63, 3.8) is 0 Å². The van der Waals surface area contributed by atoms with Crippen molar-refractivity contribution < 1.29 is 9.21 Å². The van der Waals surface area contributed by atoms with E-state index in [4.69, 9.17) is 4.42 Å². The number of nitrogens with zero attached hydrogens (tertiary/aromatic N) is 5. The quantitative estimate of drug-likeness (QED) is 0.720. The van der Waals surface area contributed by atoms with Crippen molar-refractivity contribution in [2.75, 3.05) is 7.05 Å². The second kappa shape index (κ2) is 5.67. The predicted octanol–water partition coefficient (Wildman–Crippen LogP) is 1.81. The average Bonchev–Trinajstić information content (AvgIpc) is 3.19. The van der Waals surface area contributed by atoms with E-state index < -0.39 is 0 Å². The third-order valence-electron chi connectivity index (χ3n) is 3.70. The second-order valence-electron chi connectivity index (χ2n) is 5.27. The lowest BCUT2D eigenvalue weighted by Crippen LogP contribution is -2.30.